The fraction of sp³-hybridized carbons (Fsp3) is 0.333. The molecule has 1 aliphatic heterocycles. The van der Waals surface area contributed by atoms with Gasteiger partial charge in [-0.15, -0.1) is 0 Å². The smallest absolute Gasteiger partial charge is 0.274 e. The van der Waals surface area contributed by atoms with Crippen molar-refractivity contribution in [2.75, 3.05) is 22.9 Å². The van der Waals surface area contributed by atoms with Crippen LogP contribution >= 0.6 is 0 Å². The monoisotopic (exact) mass is 326 g/mol. The molecule has 2 heterocycles. The number of nitrogens with one attached hydrogen (secondary N) is 1. The van der Waals surface area contributed by atoms with Crippen molar-refractivity contribution < 1.29 is 9.59 Å². The molecule has 6 nitrogen and oxygen atoms in total. The van der Waals surface area contributed by atoms with Crippen LogP contribution in [0.5, 0.6) is 0 Å². The summed E-state index contributed by atoms with van der Waals surface area (Å²) < 4.78 is 0. The van der Waals surface area contributed by atoms with E-state index in [0.29, 0.717) is 17.8 Å². The standard InChI is InChI=1S/C18H22N4O2/c1-18(2,3)22-9-8-21(14-6-4-5-7-15(14)22)17(24)13-10-12(11-20-13)16(19)23/h4-7,10-11,20H,8-9H2,1-3H3,(H2,19,23). The average molecular weight is 326 g/mol. The van der Waals surface area contributed by atoms with Gasteiger partial charge in [0.2, 0.25) is 5.91 Å². The minimum atomic E-state index is -0.553. The second-order valence-electron chi connectivity index (χ2n) is 6.93. The highest BCUT2D eigenvalue weighted by Crippen LogP contribution is 2.37. The summed E-state index contributed by atoms with van der Waals surface area (Å²) in [6.45, 7) is 7.80. The molecule has 0 bridgehead atoms. The minimum Gasteiger partial charge on any atom is -0.366 e. The first-order valence-corrected chi connectivity index (χ1v) is 7.96. The van der Waals surface area contributed by atoms with Crippen LogP contribution in [0.3, 0.4) is 0 Å². The fourth-order valence-electron chi connectivity index (χ4n) is 3.07. The Hall–Kier alpha value is -2.76. The quantitative estimate of drug-likeness (QED) is 0.889. The van der Waals surface area contributed by atoms with E-state index in [1.807, 2.05) is 24.3 Å². The second-order valence-corrected chi connectivity index (χ2v) is 6.93. The SMILES string of the molecule is CC(C)(C)N1CCN(C(=O)c2cc(C(N)=O)c[nH]2)c2ccccc21. The molecule has 0 spiro atoms. The van der Waals surface area contributed by atoms with Crippen LogP contribution < -0.4 is 15.5 Å². The van der Waals surface area contributed by atoms with E-state index in [0.717, 1.165) is 17.9 Å². The molecule has 3 rings (SSSR count). The third kappa shape index (κ3) is 2.75. The largest absolute Gasteiger partial charge is 0.366 e. The van der Waals surface area contributed by atoms with Crippen LogP contribution in [0.4, 0.5) is 11.4 Å². The lowest BCUT2D eigenvalue weighted by molar-refractivity contribution is 0.0981. The van der Waals surface area contributed by atoms with E-state index in [4.69, 9.17) is 5.73 Å². The molecule has 2 aromatic rings. The molecule has 0 fully saturated rings. The zero-order chi connectivity index (χ0) is 17.5. The van der Waals surface area contributed by atoms with Gasteiger partial charge in [-0.25, -0.2) is 0 Å². The third-order valence-electron chi connectivity index (χ3n) is 4.26. The molecule has 126 valence electrons. The molecular formula is C18H22N4O2. The number of hydrogen-bond acceptors (Lipinski definition) is 3. The fourth-order valence-corrected chi connectivity index (χ4v) is 3.07. The molecule has 3 N–H and O–H groups in total. The number of benzene rings is 1. The Morgan fingerprint density at radius 2 is 1.79 bits per heavy atom. The number of primary amides is 1. The van der Waals surface area contributed by atoms with Crippen LogP contribution in [0.2, 0.25) is 0 Å². The summed E-state index contributed by atoms with van der Waals surface area (Å²) in [6, 6.07) is 9.39. The van der Waals surface area contributed by atoms with Gasteiger partial charge in [0.05, 0.1) is 16.9 Å². The third-order valence-corrected chi connectivity index (χ3v) is 4.26. The van der Waals surface area contributed by atoms with Crippen molar-refractivity contribution in [1.29, 1.82) is 0 Å². The van der Waals surface area contributed by atoms with Crippen molar-refractivity contribution in [1.82, 2.24) is 4.98 Å². The lowest BCUT2D eigenvalue weighted by atomic mass is 10.0. The van der Waals surface area contributed by atoms with Crippen molar-refractivity contribution in [3.8, 4) is 0 Å². The molecule has 1 aromatic heterocycles. The number of nitrogens with zero attached hydrogens (tertiary/aromatic N) is 2. The van der Waals surface area contributed by atoms with Crippen LogP contribution in [0.15, 0.2) is 36.5 Å². The number of aromatic nitrogens is 1. The molecule has 0 radical (unpaired) electrons. The van der Waals surface area contributed by atoms with Gasteiger partial charge in [-0.05, 0) is 39.0 Å². The maximum atomic E-state index is 12.9. The van der Waals surface area contributed by atoms with Crippen molar-refractivity contribution in [2.24, 2.45) is 5.73 Å². The van der Waals surface area contributed by atoms with Crippen LogP contribution in [0.25, 0.3) is 0 Å². The highest BCUT2D eigenvalue weighted by atomic mass is 16.2. The lowest BCUT2D eigenvalue weighted by Crippen LogP contribution is -2.51. The maximum Gasteiger partial charge on any atom is 0.274 e. The van der Waals surface area contributed by atoms with Crippen LogP contribution in [0.1, 0.15) is 41.6 Å². The van der Waals surface area contributed by atoms with Gasteiger partial charge in [0.25, 0.3) is 5.91 Å². The van der Waals surface area contributed by atoms with Gasteiger partial charge < -0.3 is 20.5 Å². The molecule has 1 aliphatic rings. The zero-order valence-corrected chi connectivity index (χ0v) is 14.2. The minimum absolute atomic E-state index is 0.0309. The molecule has 6 heteroatoms. The van der Waals surface area contributed by atoms with Gasteiger partial charge >= 0.3 is 0 Å². The van der Waals surface area contributed by atoms with Crippen LogP contribution in [-0.2, 0) is 0 Å². The highest BCUT2D eigenvalue weighted by molar-refractivity contribution is 6.08. The van der Waals surface area contributed by atoms with E-state index in [9.17, 15) is 9.59 Å². The van der Waals surface area contributed by atoms with Crippen molar-refractivity contribution >= 4 is 23.2 Å². The Labute approximate surface area is 141 Å². The number of anilines is 2. The zero-order valence-electron chi connectivity index (χ0n) is 14.2. The molecule has 1 aromatic carbocycles. The van der Waals surface area contributed by atoms with E-state index in [-0.39, 0.29) is 11.4 Å². The molecule has 24 heavy (non-hydrogen) atoms. The molecule has 0 unspecified atom stereocenters. The molecule has 2 amide bonds. The number of H-pyrrole nitrogens is 1. The summed E-state index contributed by atoms with van der Waals surface area (Å²) in [5.74, 6) is -0.716. The Morgan fingerprint density at radius 1 is 1.12 bits per heavy atom. The van der Waals surface area contributed by atoms with E-state index in [2.05, 4.69) is 30.7 Å². The van der Waals surface area contributed by atoms with Gasteiger partial charge in [-0.2, -0.15) is 0 Å². The van der Waals surface area contributed by atoms with Crippen molar-refractivity contribution in [3.63, 3.8) is 0 Å². The Bertz CT molecular complexity index is 788. The molecule has 0 aliphatic carbocycles. The highest BCUT2D eigenvalue weighted by Gasteiger charge is 2.32. The summed E-state index contributed by atoms with van der Waals surface area (Å²) in [5, 5.41) is 0. The average Bonchev–Trinajstić information content (AvgIpc) is 3.02. The molecule has 0 saturated heterocycles. The van der Waals surface area contributed by atoms with E-state index in [1.165, 1.54) is 12.3 Å². The van der Waals surface area contributed by atoms with Crippen LogP contribution in [-0.4, -0.2) is 35.4 Å². The molecule has 0 atom stereocenters. The maximum absolute atomic E-state index is 12.9. The van der Waals surface area contributed by atoms with Gasteiger partial charge in [0.15, 0.2) is 0 Å². The number of rotatable bonds is 2. The summed E-state index contributed by atoms with van der Waals surface area (Å²) >= 11 is 0. The second kappa shape index (κ2) is 5.70. The van der Waals surface area contributed by atoms with Crippen molar-refractivity contribution in [2.45, 2.75) is 26.3 Å². The topological polar surface area (TPSA) is 82.4 Å². The number of hydrogen-bond donors (Lipinski definition) is 2. The van der Waals surface area contributed by atoms with E-state index in [1.54, 1.807) is 4.90 Å². The number of fused-ring (bicyclic) bond motifs is 1. The molecular weight excluding hydrogens is 304 g/mol. The predicted molar refractivity (Wildman–Crippen MR) is 94.5 cm³/mol. The first-order chi connectivity index (χ1) is 11.3. The van der Waals surface area contributed by atoms with Gasteiger partial charge in [-0.1, -0.05) is 12.1 Å². The summed E-state index contributed by atoms with van der Waals surface area (Å²) in [4.78, 5) is 31.0. The first-order valence-electron chi connectivity index (χ1n) is 7.96. The number of amides is 2. The Balaban J connectivity index is 1.97. The van der Waals surface area contributed by atoms with Gasteiger partial charge in [0.1, 0.15) is 5.69 Å². The van der Waals surface area contributed by atoms with E-state index < -0.39 is 5.91 Å². The van der Waals surface area contributed by atoms with E-state index >= 15 is 0 Å². The number of para-hydroxylation sites is 2. The molecule has 0 saturated carbocycles. The number of carbonyl (C=O) groups is 2. The van der Waals surface area contributed by atoms with Crippen molar-refractivity contribution in [3.05, 3.63) is 47.8 Å². The predicted octanol–water partition coefficient (Wildman–Crippen LogP) is 2.38. The lowest BCUT2D eigenvalue weighted by Gasteiger charge is -2.44. The van der Waals surface area contributed by atoms with Crippen LogP contribution in [0, 0.1) is 0 Å². The summed E-state index contributed by atoms with van der Waals surface area (Å²) in [5.41, 5.74) is 7.80. The van der Waals surface area contributed by atoms with Gasteiger partial charge in [0, 0.05) is 24.8 Å². The summed E-state index contributed by atoms with van der Waals surface area (Å²) in [7, 11) is 0. The Morgan fingerprint density at radius 3 is 2.38 bits per heavy atom. The number of carbonyl (C=O) groups excluding carboxylic acids is 2. The summed E-state index contributed by atoms with van der Waals surface area (Å²) in [6.07, 6.45) is 1.47. The first kappa shape index (κ1) is 16.1. The van der Waals surface area contributed by atoms with Gasteiger partial charge in [-0.3, -0.25) is 9.59 Å². The number of aromatic amines is 1. The normalized spacial score (nSPS) is 14.5. The Kier molecular flexibility index (Phi) is 3.83. The number of nitrogens with two attached hydrogens (primary N) is 1.